The minimum Gasteiger partial charge on any atom is -0.394 e. The van der Waals surface area contributed by atoms with Gasteiger partial charge in [0.1, 0.15) is 0 Å². The van der Waals surface area contributed by atoms with Gasteiger partial charge < -0.3 is 15.7 Å². The summed E-state index contributed by atoms with van der Waals surface area (Å²) < 4.78 is 1.85. The summed E-state index contributed by atoms with van der Waals surface area (Å²) in [5.74, 6) is 0. The second kappa shape index (κ2) is 7.61. The van der Waals surface area contributed by atoms with E-state index in [1.54, 1.807) is 11.3 Å². The first kappa shape index (κ1) is 16.0. The van der Waals surface area contributed by atoms with Crippen molar-refractivity contribution in [2.75, 3.05) is 13.2 Å². The van der Waals surface area contributed by atoms with Crippen molar-refractivity contribution < 1.29 is 9.90 Å². The van der Waals surface area contributed by atoms with Crippen LogP contribution < -0.4 is 10.6 Å². The average Bonchev–Trinajstić information content (AvgIpc) is 3.19. The minimum absolute atomic E-state index is 0.00734. The van der Waals surface area contributed by atoms with Crippen molar-refractivity contribution in [3.63, 3.8) is 0 Å². The summed E-state index contributed by atoms with van der Waals surface area (Å²) in [6.07, 6.45) is 5.57. The van der Waals surface area contributed by atoms with Crippen LogP contribution in [0.3, 0.4) is 0 Å². The van der Waals surface area contributed by atoms with Crippen LogP contribution >= 0.6 is 11.3 Å². The molecule has 2 heterocycles. The fraction of sp³-hybridized carbons (Fsp3) is 0.500. The summed E-state index contributed by atoms with van der Waals surface area (Å²) in [6.45, 7) is 1.22. The Morgan fingerprint density at radius 2 is 2.43 bits per heavy atom. The number of fused-ring (bicyclic) bond motifs is 1. The predicted octanol–water partition coefficient (Wildman–Crippen LogP) is 1.86. The smallest absolute Gasteiger partial charge is 0.315 e. The fourth-order valence-corrected chi connectivity index (χ4v) is 3.73. The van der Waals surface area contributed by atoms with E-state index in [4.69, 9.17) is 5.11 Å². The number of nitrogens with one attached hydrogen (secondary N) is 2. The molecule has 0 radical (unpaired) electrons. The van der Waals surface area contributed by atoms with E-state index >= 15 is 0 Å². The van der Waals surface area contributed by atoms with Crippen molar-refractivity contribution in [3.8, 4) is 0 Å². The third-order valence-electron chi connectivity index (χ3n) is 4.12. The maximum Gasteiger partial charge on any atom is 0.315 e. The van der Waals surface area contributed by atoms with Gasteiger partial charge in [-0.15, -0.1) is 11.3 Å². The number of rotatable bonds is 6. The molecule has 0 saturated carbocycles. The number of aromatic nitrogens is 2. The van der Waals surface area contributed by atoms with Crippen LogP contribution in [0.4, 0.5) is 4.79 Å². The third-order valence-corrected chi connectivity index (χ3v) is 5.05. The van der Waals surface area contributed by atoms with Gasteiger partial charge in [0, 0.05) is 22.7 Å². The number of carbonyl (C=O) groups excluding carboxylic acids is 1. The van der Waals surface area contributed by atoms with E-state index < -0.39 is 0 Å². The lowest BCUT2D eigenvalue weighted by Crippen LogP contribution is -2.39. The third kappa shape index (κ3) is 3.92. The summed E-state index contributed by atoms with van der Waals surface area (Å²) in [5.41, 5.74) is 2.22. The number of aliphatic hydroxyl groups excluding tert-OH is 1. The molecule has 0 bridgehead atoms. The molecule has 3 N–H and O–H groups in total. The Bertz CT molecular complexity index is 639. The Kier molecular flexibility index (Phi) is 5.30. The number of hydrogen-bond acceptors (Lipinski definition) is 4. The number of nitrogens with zero attached hydrogens (tertiary/aromatic N) is 2. The summed E-state index contributed by atoms with van der Waals surface area (Å²) in [6, 6.07) is 3.98. The lowest BCUT2D eigenvalue weighted by molar-refractivity contribution is 0.235. The van der Waals surface area contributed by atoms with Gasteiger partial charge >= 0.3 is 6.03 Å². The van der Waals surface area contributed by atoms with E-state index in [0.29, 0.717) is 13.1 Å². The molecule has 0 spiro atoms. The van der Waals surface area contributed by atoms with Crippen LogP contribution in [0.5, 0.6) is 0 Å². The van der Waals surface area contributed by atoms with E-state index in [0.717, 1.165) is 36.9 Å². The zero-order valence-corrected chi connectivity index (χ0v) is 13.8. The number of thiophene rings is 1. The summed E-state index contributed by atoms with van der Waals surface area (Å²) in [5, 5.41) is 21.4. The molecule has 1 aliphatic carbocycles. The first-order valence-corrected chi connectivity index (χ1v) is 8.88. The molecule has 3 rings (SSSR count). The van der Waals surface area contributed by atoms with Gasteiger partial charge in [0.2, 0.25) is 0 Å². The monoisotopic (exact) mass is 334 g/mol. The highest BCUT2D eigenvalue weighted by atomic mass is 32.1. The van der Waals surface area contributed by atoms with Gasteiger partial charge in [0.25, 0.3) is 0 Å². The molecule has 2 amide bonds. The molecule has 0 aromatic carbocycles. The Morgan fingerprint density at radius 3 is 3.22 bits per heavy atom. The van der Waals surface area contributed by atoms with E-state index in [2.05, 4.69) is 21.8 Å². The summed E-state index contributed by atoms with van der Waals surface area (Å²) in [4.78, 5) is 13.4. The molecule has 124 valence electrons. The quantitative estimate of drug-likeness (QED) is 0.754. The molecule has 1 unspecified atom stereocenters. The minimum atomic E-state index is -0.130. The normalized spacial score (nSPS) is 16.8. The largest absolute Gasteiger partial charge is 0.394 e. The molecule has 0 saturated heterocycles. The van der Waals surface area contributed by atoms with Gasteiger partial charge in [0.05, 0.1) is 25.4 Å². The van der Waals surface area contributed by atoms with Gasteiger partial charge in [0.15, 0.2) is 0 Å². The molecule has 6 nitrogen and oxygen atoms in total. The highest BCUT2D eigenvalue weighted by molar-refractivity contribution is 7.09. The topological polar surface area (TPSA) is 79.2 Å². The molecule has 23 heavy (non-hydrogen) atoms. The SMILES string of the molecule is O=C(NCCc1cccs1)NC1CCCc2c1cnn2CCO. The molecule has 7 heteroatoms. The van der Waals surface area contributed by atoms with Crippen LogP contribution in [-0.2, 0) is 19.4 Å². The lowest BCUT2D eigenvalue weighted by Gasteiger charge is -2.24. The van der Waals surface area contributed by atoms with Crippen LogP contribution in [0.2, 0.25) is 0 Å². The zero-order chi connectivity index (χ0) is 16.1. The van der Waals surface area contributed by atoms with E-state index in [9.17, 15) is 4.79 Å². The van der Waals surface area contributed by atoms with Gasteiger partial charge in [-0.05, 0) is 37.1 Å². The second-order valence-electron chi connectivity index (χ2n) is 5.67. The Balaban J connectivity index is 1.53. The molecule has 0 fully saturated rings. The summed E-state index contributed by atoms with van der Waals surface area (Å²) in [7, 11) is 0. The van der Waals surface area contributed by atoms with Crippen molar-refractivity contribution in [1.82, 2.24) is 20.4 Å². The number of urea groups is 1. The lowest BCUT2D eigenvalue weighted by atomic mass is 9.93. The molecular formula is C16H22N4O2S. The Labute approximate surface area is 139 Å². The number of hydrogen-bond donors (Lipinski definition) is 3. The first-order valence-electron chi connectivity index (χ1n) is 8.00. The fourth-order valence-electron chi connectivity index (χ4n) is 3.02. The van der Waals surface area contributed by atoms with Crippen molar-refractivity contribution in [1.29, 1.82) is 0 Å². The van der Waals surface area contributed by atoms with Gasteiger partial charge in [-0.3, -0.25) is 4.68 Å². The Morgan fingerprint density at radius 1 is 1.52 bits per heavy atom. The molecule has 1 aliphatic rings. The van der Waals surface area contributed by atoms with E-state index in [1.165, 1.54) is 4.88 Å². The average molecular weight is 334 g/mol. The van der Waals surface area contributed by atoms with Crippen molar-refractivity contribution in [3.05, 3.63) is 39.8 Å². The zero-order valence-electron chi connectivity index (χ0n) is 13.0. The standard InChI is InChI=1S/C16H22N4O2S/c21-9-8-20-15-5-1-4-14(13(15)11-18-20)19-16(22)17-7-6-12-3-2-10-23-12/h2-3,10-11,14,21H,1,4-9H2,(H2,17,19,22). The van der Waals surface area contributed by atoms with Gasteiger partial charge in [-0.2, -0.15) is 5.10 Å². The predicted molar refractivity (Wildman–Crippen MR) is 89.5 cm³/mol. The van der Waals surface area contributed by atoms with Crippen molar-refractivity contribution in [2.45, 2.75) is 38.3 Å². The molecule has 2 aromatic heterocycles. The molecule has 2 aromatic rings. The van der Waals surface area contributed by atoms with Crippen LogP contribution in [0.15, 0.2) is 23.7 Å². The van der Waals surface area contributed by atoms with Crippen LogP contribution in [0, 0.1) is 0 Å². The van der Waals surface area contributed by atoms with Crippen molar-refractivity contribution in [2.24, 2.45) is 0 Å². The second-order valence-corrected chi connectivity index (χ2v) is 6.70. The first-order chi connectivity index (χ1) is 11.3. The molecular weight excluding hydrogens is 312 g/mol. The molecule has 0 aliphatic heterocycles. The van der Waals surface area contributed by atoms with Crippen LogP contribution in [0.1, 0.15) is 35.0 Å². The Hall–Kier alpha value is -1.86. The maximum atomic E-state index is 12.1. The van der Waals surface area contributed by atoms with Gasteiger partial charge in [-0.1, -0.05) is 6.07 Å². The van der Waals surface area contributed by atoms with Crippen LogP contribution in [0.25, 0.3) is 0 Å². The van der Waals surface area contributed by atoms with Crippen molar-refractivity contribution >= 4 is 17.4 Å². The molecule has 1 atom stereocenters. The van der Waals surface area contributed by atoms with E-state index in [1.807, 2.05) is 22.3 Å². The maximum absolute atomic E-state index is 12.1. The number of amides is 2. The number of aliphatic hydroxyl groups is 1. The summed E-state index contributed by atoms with van der Waals surface area (Å²) >= 11 is 1.71. The number of carbonyl (C=O) groups is 1. The van der Waals surface area contributed by atoms with Crippen LogP contribution in [-0.4, -0.2) is 34.1 Å². The highest BCUT2D eigenvalue weighted by Gasteiger charge is 2.25. The highest BCUT2D eigenvalue weighted by Crippen LogP contribution is 2.29. The van der Waals surface area contributed by atoms with E-state index in [-0.39, 0.29) is 18.7 Å². The van der Waals surface area contributed by atoms with Gasteiger partial charge in [-0.25, -0.2) is 4.79 Å².